The first-order valence-corrected chi connectivity index (χ1v) is 6.04. The SMILES string of the molecule is CC(C)CS(=O)(=O)NCC(C)(C)N. The second-order valence-electron chi connectivity index (χ2n) is 4.48. The van der Waals surface area contributed by atoms with E-state index >= 15 is 0 Å². The zero-order valence-corrected chi connectivity index (χ0v) is 9.61. The van der Waals surface area contributed by atoms with Gasteiger partial charge in [0.15, 0.2) is 0 Å². The summed E-state index contributed by atoms with van der Waals surface area (Å²) in [5.41, 5.74) is 5.15. The molecule has 13 heavy (non-hydrogen) atoms. The highest BCUT2D eigenvalue weighted by Crippen LogP contribution is 1.99. The molecule has 0 bridgehead atoms. The van der Waals surface area contributed by atoms with Crippen LogP contribution in [0.2, 0.25) is 0 Å². The molecule has 0 fully saturated rings. The molecule has 0 spiro atoms. The highest BCUT2D eigenvalue weighted by Gasteiger charge is 2.17. The molecule has 0 aromatic rings. The van der Waals surface area contributed by atoms with Gasteiger partial charge >= 0.3 is 0 Å². The lowest BCUT2D eigenvalue weighted by Crippen LogP contribution is -2.45. The summed E-state index contributed by atoms with van der Waals surface area (Å²) >= 11 is 0. The molecule has 0 aromatic carbocycles. The summed E-state index contributed by atoms with van der Waals surface area (Å²) < 4.78 is 25.1. The van der Waals surface area contributed by atoms with Crippen molar-refractivity contribution in [1.29, 1.82) is 0 Å². The van der Waals surface area contributed by atoms with E-state index in [1.165, 1.54) is 0 Å². The fourth-order valence-corrected chi connectivity index (χ4v) is 2.38. The summed E-state index contributed by atoms with van der Waals surface area (Å²) in [5.74, 6) is 0.293. The summed E-state index contributed by atoms with van der Waals surface area (Å²) in [6.07, 6.45) is 0. The fraction of sp³-hybridized carbons (Fsp3) is 1.00. The molecule has 0 atom stereocenters. The molecular formula is C8H20N2O2S. The minimum Gasteiger partial charge on any atom is -0.324 e. The molecule has 3 N–H and O–H groups in total. The smallest absolute Gasteiger partial charge is 0.211 e. The Hall–Kier alpha value is -0.130. The number of nitrogens with two attached hydrogens (primary N) is 1. The molecule has 0 aliphatic carbocycles. The van der Waals surface area contributed by atoms with Crippen molar-refractivity contribution in [2.24, 2.45) is 11.7 Å². The number of hydrogen-bond acceptors (Lipinski definition) is 3. The normalized spacial score (nSPS) is 13.7. The van der Waals surface area contributed by atoms with Crippen molar-refractivity contribution >= 4 is 10.0 Å². The molecule has 0 saturated heterocycles. The van der Waals surface area contributed by atoms with Gasteiger partial charge in [-0.05, 0) is 19.8 Å². The van der Waals surface area contributed by atoms with Gasteiger partial charge in [-0.15, -0.1) is 0 Å². The van der Waals surface area contributed by atoms with Crippen LogP contribution in [0.4, 0.5) is 0 Å². The molecule has 0 aliphatic rings. The number of sulfonamides is 1. The minimum absolute atomic E-state index is 0.137. The van der Waals surface area contributed by atoms with Crippen molar-refractivity contribution in [1.82, 2.24) is 4.72 Å². The summed E-state index contributed by atoms with van der Waals surface area (Å²) in [6.45, 7) is 7.58. The predicted molar refractivity (Wildman–Crippen MR) is 54.9 cm³/mol. The lowest BCUT2D eigenvalue weighted by molar-refractivity contribution is 0.495. The molecule has 0 radical (unpaired) electrons. The van der Waals surface area contributed by atoms with Crippen LogP contribution in [0.1, 0.15) is 27.7 Å². The van der Waals surface area contributed by atoms with Crippen LogP contribution in [0.3, 0.4) is 0 Å². The van der Waals surface area contributed by atoms with Gasteiger partial charge in [0, 0.05) is 12.1 Å². The van der Waals surface area contributed by atoms with E-state index < -0.39 is 15.6 Å². The van der Waals surface area contributed by atoms with Gasteiger partial charge in [-0.25, -0.2) is 13.1 Å². The maximum absolute atomic E-state index is 11.3. The Morgan fingerprint density at radius 2 is 1.85 bits per heavy atom. The molecule has 0 heterocycles. The third-order valence-electron chi connectivity index (χ3n) is 1.30. The summed E-state index contributed by atoms with van der Waals surface area (Å²) in [4.78, 5) is 0. The minimum atomic E-state index is -3.14. The lowest BCUT2D eigenvalue weighted by atomic mass is 10.1. The second kappa shape index (κ2) is 4.39. The molecule has 0 amide bonds. The lowest BCUT2D eigenvalue weighted by Gasteiger charge is -2.19. The van der Waals surface area contributed by atoms with Crippen molar-refractivity contribution in [3.63, 3.8) is 0 Å². The van der Waals surface area contributed by atoms with Crippen LogP contribution in [0.15, 0.2) is 0 Å². The third-order valence-corrected chi connectivity index (χ3v) is 2.99. The quantitative estimate of drug-likeness (QED) is 0.682. The first-order chi connectivity index (χ1) is 5.62. The standard InChI is InChI=1S/C8H20N2O2S/c1-7(2)5-13(11,12)10-6-8(3,4)9/h7,10H,5-6,9H2,1-4H3. The van der Waals surface area contributed by atoms with Gasteiger partial charge in [-0.1, -0.05) is 13.8 Å². The largest absolute Gasteiger partial charge is 0.324 e. The molecule has 80 valence electrons. The Morgan fingerprint density at radius 1 is 1.38 bits per heavy atom. The molecule has 5 heteroatoms. The zero-order valence-electron chi connectivity index (χ0n) is 8.79. The van der Waals surface area contributed by atoms with E-state index in [1.807, 2.05) is 13.8 Å². The van der Waals surface area contributed by atoms with E-state index in [2.05, 4.69) is 4.72 Å². The van der Waals surface area contributed by atoms with E-state index in [4.69, 9.17) is 5.73 Å². The van der Waals surface area contributed by atoms with E-state index in [0.29, 0.717) is 0 Å². The molecule has 0 rings (SSSR count). The van der Waals surface area contributed by atoms with Gasteiger partial charge < -0.3 is 5.73 Å². The van der Waals surface area contributed by atoms with Crippen molar-refractivity contribution < 1.29 is 8.42 Å². The molecule has 0 saturated carbocycles. The van der Waals surface area contributed by atoms with Crippen molar-refractivity contribution in [2.45, 2.75) is 33.2 Å². The maximum Gasteiger partial charge on any atom is 0.211 e. The van der Waals surface area contributed by atoms with Gasteiger partial charge in [0.1, 0.15) is 0 Å². The van der Waals surface area contributed by atoms with Crippen LogP contribution in [-0.2, 0) is 10.0 Å². The predicted octanol–water partition coefficient (Wildman–Crippen LogP) is 0.299. The number of hydrogen-bond donors (Lipinski definition) is 2. The first kappa shape index (κ1) is 12.9. The Labute approximate surface area is 80.9 Å². The summed E-state index contributed by atoms with van der Waals surface area (Å²) in [6, 6.07) is 0. The number of nitrogens with one attached hydrogen (secondary N) is 1. The molecule has 4 nitrogen and oxygen atoms in total. The van der Waals surface area contributed by atoms with E-state index in [1.54, 1.807) is 13.8 Å². The monoisotopic (exact) mass is 208 g/mol. The van der Waals surface area contributed by atoms with Gasteiger partial charge in [0.05, 0.1) is 5.75 Å². The highest BCUT2D eigenvalue weighted by atomic mass is 32.2. The van der Waals surface area contributed by atoms with Gasteiger partial charge in [-0.3, -0.25) is 0 Å². The Morgan fingerprint density at radius 3 is 2.15 bits per heavy atom. The molecule has 0 unspecified atom stereocenters. The van der Waals surface area contributed by atoms with Crippen molar-refractivity contribution in [2.75, 3.05) is 12.3 Å². The van der Waals surface area contributed by atoms with Crippen LogP contribution in [0.5, 0.6) is 0 Å². The molecular weight excluding hydrogens is 188 g/mol. The average Bonchev–Trinajstić information content (AvgIpc) is 1.79. The first-order valence-electron chi connectivity index (χ1n) is 4.38. The van der Waals surface area contributed by atoms with Crippen LogP contribution in [0, 0.1) is 5.92 Å². The van der Waals surface area contributed by atoms with E-state index in [0.717, 1.165) is 0 Å². The topological polar surface area (TPSA) is 72.2 Å². The van der Waals surface area contributed by atoms with Crippen molar-refractivity contribution in [3.8, 4) is 0 Å². The molecule has 0 aromatic heterocycles. The van der Waals surface area contributed by atoms with E-state index in [-0.39, 0.29) is 18.2 Å². The Balaban J connectivity index is 4.06. The Kier molecular flexibility index (Phi) is 4.35. The summed E-state index contributed by atoms with van der Waals surface area (Å²) in [5, 5.41) is 0. The zero-order chi connectivity index (χ0) is 10.7. The summed E-state index contributed by atoms with van der Waals surface area (Å²) in [7, 11) is -3.14. The van der Waals surface area contributed by atoms with Crippen LogP contribution < -0.4 is 10.5 Å². The molecule has 0 aliphatic heterocycles. The van der Waals surface area contributed by atoms with Gasteiger partial charge in [0.2, 0.25) is 10.0 Å². The van der Waals surface area contributed by atoms with Gasteiger partial charge in [0.25, 0.3) is 0 Å². The van der Waals surface area contributed by atoms with Crippen LogP contribution in [0.25, 0.3) is 0 Å². The van der Waals surface area contributed by atoms with Gasteiger partial charge in [-0.2, -0.15) is 0 Å². The van der Waals surface area contributed by atoms with Crippen molar-refractivity contribution in [3.05, 3.63) is 0 Å². The van der Waals surface area contributed by atoms with E-state index in [9.17, 15) is 8.42 Å². The second-order valence-corrected chi connectivity index (χ2v) is 6.34. The maximum atomic E-state index is 11.3. The number of rotatable bonds is 5. The Bertz CT molecular complexity index is 239. The van der Waals surface area contributed by atoms with Crippen LogP contribution in [-0.4, -0.2) is 26.3 Å². The van der Waals surface area contributed by atoms with Crippen LogP contribution >= 0.6 is 0 Å². The fourth-order valence-electron chi connectivity index (χ4n) is 0.794. The third kappa shape index (κ3) is 8.21. The average molecular weight is 208 g/mol. The highest BCUT2D eigenvalue weighted by molar-refractivity contribution is 7.89.